The number of hydrogen-bond donors (Lipinski definition) is 10. The van der Waals surface area contributed by atoms with Crippen LogP contribution in [0.3, 0.4) is 0 Å². The van der Waals surface area contributed by atoms with Crippen LogP contribution < -0.4 is 70.4 Å². The second-order valence-electron chi connectivity index (χ2n) is 26.8. The quantitative estimate of drug-likeness (QED) is 0.0217. The van der Waals surface area contributed by atoms with E-state index in [2.05, 4.69) is 105 Å². The number of hydrazine groups is 3. The number of carbonyl (C=O) groups is 6. The molecule has 1 aliphatic heterocycles. The summed E-state index contributed by atoms with van der Waals surface area (Å²) in [5.74, 6) is -1.48. The van der Waals surface area contributed by atoms with E-state index in [1.807, 2.05) is 151 Å². The molecular formula is C83H89N21O12. The Kier molecular flexibility index (Phi) is 28.4. The molecule has 10 N–H and O–H groups in total. The van der Waals surface area contributed by atoms with Crippen molar-refractivity contribution in [1.82, 2.24) is 91.8 Å². The molecule has 33 nitrogen and oxygen atoms in total. The van der Waals surface area contributed by atoms with E-state index in [9.17, 15) is 43.2 Å². The number of pyridine rings is 3. The number of anilines is 6. The lowest BCUT2D eigenvalue weighted by molar-refractivity contribution is -0.126. The SMILES string of the molecule is CCc1ccc(-n2cc(C(=O)NOC)c(=O)c3cnc(Nc4ccc(CC(=O)NN(C)C)cc4)nc32)cc1.CCc1ccc(-n2cc(C(=O)NOC)c(=O)c3cnc(Nc4ccc(CC(=O)NN5CCCCC5)cc4)nc32)cc1.CCc1ccc(-n2cc(C(=O)NOC)c(=O)c3cnc(Nc4ccc(CC(=O)NNC)cc4)nc32)cc1. The van der Waals surface area contributed by atoms with E-state index in [1.165, 1.54) is 64.9 Å². The summed E-state index contributed by atoms with van der Waals surface area (Å²) < 4.78 is 5.05. The third kappa shape index (κ3) is 21.3. The number of hydroxylamine groups is 3. The second kappa shape index (κ2) is 39.6. The number of carbonyl (C=O) groups excluding carboxylic acids is 6. The lowest BCUT2D eigenvalue weighted by Gasteiger charge is -2.26. The van der Waals surface area contributed by atoms with Crippen LogP contribution in [0, 0.1) is 0 Å². The highest BCUT2D eigenvalue weighted by Gasteiger charge is 2.23. The first-order chi connectivity index (χ1) is 56.2. The molecule has 12 aromatic rings. The molecule has 0 aliphatic carbocycles. The van der Waals surface area contributed by atoms with E-state index in [1.54, 1.807) is 39.9 Å². The summed E-state index contributed by atoms with van der Waals surface area (Å²) in [6.07, 6.45) is 15.4. The monoisotopic (exact) mass is 1570 g/mol. The third-order valence-electron chi connectivity index (χ3n) is 18.4. The summed E-state index contributed by atoms with van der Waals surface area (Å²) in [6, 6.07) is 45.4. The van der Waals surface area contributed by atoms with Gasteiger partial charge < -0.3 is 29.7 Å². The molecule has 7 heterocycles. The lowest BCUT2D eigenvalue weighted by Crippen LogP contribution is -2.45. The average Bonchev–Trinajstić information content (AvgIpc) is 0.773. The van der Waals surface area contributed by atoms with E-state index >= 15 is 0 Å². The van der Waals surface area contributed by atoms with Gasteiger partial charge in [-0.05, 0) is 138 Å². The Morgan fingerprint density at radius 2 is 0.707 bits per heavy atom. The van der Waals surface area contributed by atoms with Crippen molar-refractivity contribution >= 4 is 103 Å². The summed E-state index contributed by atoms with van der Waals surface area (Å²) in [7, 11) is 9.04. The topological polar surface area (TPSA) is 400 Å². The minimum atomic E-state index is -0.668. The molecule has 116 heavy (non-hydrogen) atoms. The number of fused-ring (bicyclic) bond motifs is 3. The number of piperidine rings is 1. The van der Waals surface area contributed by atoms with Crippen LogP contribution in [0.5, 0.6) is 0 Å². The van der Waals surface area contributed by atoms with Crippen molar-refractivity contribution in [1.29, 1.82) is 0 Å². The summed E-state index contributed by atoms with van der Waals surface area (Å²) in [6.45, 7) is 7.97. The van der Waals surface area contributed by atoms with Gasteiger partial charge in [0.15, 0.2) is 16.9 Å². The maximum atomic E-state index is 13.2. The maximum absolute atomic E-state index is 13.2. The molecule has 0 spiro atoms. The van der Waals surface area contributed by atoms with Crippen molar-refractivity contribution in [3.63, 3.8) is 0 Å². The van der Waals surface area contributed by atoms with Crippen LogP contribution in [-0.4, -0.2) is 145 Å². The fourth-order valence-electron chi connectivity index (χ4n) is 12.5. The first kappa shape index (κ1) is 83.1. The van der Waals surface area contributed by atoms with Crippen LogP contribution in [-0.2, 0) is 67.4 Å². The van der Waals surface area contributed by atoms with Crippen LogP contribution in [0.1, 0.15) is 104 Å². The van der Waals surface area contributed by atoms with Crippen molar-refractivity contribution in [3.05, 3.63) is 264 Å². The molecule has 598 valence electrons. The minimum Gasteiger partial charge on any atom is -0.324 e. The Hall–Kier alpha value is -13.8. The van der Waals surface area contributed by atoms with Gasteiger partial charge in [0.05, 0.1) is 56.8 Å². The van der Waals surface area contributed by atoms with Crippen molar-refractivity contribution in [3.8, 4) is 17.1 Å². The van der Waals surface area contributed by atoms with Crippen molar-refractivity contribution in [2.75, 3.05) is 71.5 Å². The number of nitrogens with one attached hydrogen (secondary N) is 10. The van der Waals surface area contributed by atoms with Crippen LogP contribution in [0.4, 0.5) is 34.9 Å². The van der Waals surface area contributed by atoms with Crippen LogP contribution in [0.2, 0.25) is 0 Å². The molecule has 6 aromatic heterocycles. The molecule has 6 aromatic carbocycles. The number of rotatable bonds is 27. The standard InChI is InChI=1S/C30H33N7O4.C27H29N7O4.C26H27N7O4/c1-3-20-9-13-23(14-10-20)37-19-25(29(40)35-41-2)27(39)24-18-31-30(33-28(24)37)32-22-11-7-21(8-12-22)17-26(38)34-36-15-5-4-6-16-36;1-5-17-8-12-20(13-9-17)34-16-22(26(37)32-38-4)24(36)21-15-28-27(30-25(21)34)29-19-10-6-18(7-11-19)14-23(35)31-33(2)3;1-4-16-7-11-19(12-8-16)33-15-21(25(36)32-37-3)23(35)20-14-28-26(30-24(20)33)29-18-9-5-17(6-10-18)13-22(34)31-27-2/h7-14,18-19H,3-6,15-17H2,1-2H3,(H,34,38)(H,35,40)(H,31,32,33);6-13,15-16H,5,14H2,1-4H3,(H,31,35)(H,32,37)(H,28,29,30);5-12,14-15,27H,4,13H2,1-3H3,(H,31,34)(H,32,36)(H,28,29,30). The smallest absolute Gasteiger partial charge is 0.280 e. The van der Waals surface area contributed by atoms with Gasteiger partial charge in [-0.2, -0.15) is 15.0 Å². The predicted octanol–water partition coefficient (Wildman–Crippen LogP) is 8.12. The number of amides is 6. The van der Waals surface area contributed by atoms with Crippen molar-refractivity contribution < 1.29 is 43.3 Å². The second-order valence-corrected chi connectivity index (χ2v) is 26.8. The molecular weight excluding hydrogens is 1480 g/mol. The fourth-order valence-corrected chi connectivity index (χ4v) is 12.5. The van der Waals surface area contributed by atoms with E-state index in [0.717, 1.165) is 101 Å². The molecule has 6 amide bonds. The van der Waals surface area contributed by atoms with Gasteiger partial charge in [-0.25, -0.2) is 46.8 Å². The molecule has 13 rings (SSSR count). The normalized spacial score (nSPS) is 11.8. The highest BCUT2D eigenvalue weighted by atomic mass is 16.6. The van der Waals surface area contributed by atoms with E-state index in [-0.39, 0.29) is 87.7 Å². The summed E-state index contributed by atoms with van der Waals surface area (Å²) in [4.78, 5) is 154. The van der Waals surface area contributed by atoms with E-state index in [4.69, 9.17) is 14.5 Å². The molecule has 0 unspecified atom stereocenters. The Morgan fingerprint density at radius 3 is 1.00 bits per heavy atom. The summed E-state index contributed by atoms with van der Waals surface area (Å²) in [5.41, 5.74) is 27.0. The number of aromatic nitrogens is 9. The summed E-state index contributed by atoms with van der Waals surface area (Å²) in [5, 5.41) is 13.6. The van der Waals surface area contributed by atoms with Crippen molar-refractivity contribution in [2.24, 2.45) is 0 Å². The zero-order chi connectivity index (χ0) is 82.4. The number of hydrogen-bond acceptors (Lipinski definition) is 24. The zero-order valence-electron chi connectivity index (χ0n) is 65.4. The minimum absolute atomic E-state index is 0.0334. The van der Waals surface area contributed by atoms with Crippen LogP contribution in [0.15, 0.2) is 197 Å². The highest BCUT2D eigenvalue weighted by molar-refractivity contribution is 5.99. The Morgan fingerprint density at radius 1 is 0.405 bits per heavy atom. The van der Waals surface area contributed by atoms with Gasteiger partial charge >= 0.3 is 0 Å². The van der Waals surface area contributed by atoms with Gasteiger partial charge in [0.1, 0.15) is 16.7 Å². The molecule has 33 heteroatoms. The first-order valence-electron chi connectivity index (χ1n) is 37.3. The molecule has 0 bridgehead atoms. The first-order valence-corrected chi connectivity index (χ1v) is 37.3. The maximum Gasteiger partial charge on any atom is 0.280 e. The van der Waals surface area contributed by atoms with Gasteiger partial charge in [0, 0.05) is 106 Å². The summed E-state index contributed by atoms with van der Waals surface area (Å²) >= 11 is 0. The lowest BCUT2D eigenvalue weighted by atomic mass is 10.1. The highest BCUT2D eigenvalue weighted by Crippen LogP contribution is 2.26. The molecule has 0 saturated carbocycles. The number of aryl methyl sites for hydroxylation is 3. The molecule has 1 aliphatic rings. The largest absolute Gasteiger partial charge is 0.324 e. The van der Waals surface area contributed by atoms with Gasteiger partial charge in [-0.1, -0.05) is 100.0 Å². The number of benzene rings is 6. The molecule has 0 radical (unpaired) electrons. The zero-order valence-corrected chi connectivity index (χ0v) is 65.4. The van der Waals surface area contributed by atoms with Crippen LogP contribution in [0.25, 0.3) is 50.2 Å². The van der Waals surface area contributed by atoms with Gasteiger partial charge in [0.25, 0.3) is 17.7 Å². The van der Waals surface area contributed by atoms with Gasteiger partial charge in [-0.3, -0.25) is 73.9 Å². The molecule has 1 fully saturated rings. The van der Waals surface area contributed by atoms with Gasteiger partial charge in [-0.15, -0.1) is 0 Å². The third-order valence-corrected chi connectivity index (χ3v) is 18.4. The fraction of sp³-hybridized carbons (Fsp3) is 0.241. The average molecular weight is 1570 g/mol. The van der Waals surface area contributed by atoms with Gasteiger partial charge in [0.2, 0.25) is 51.9 Å². The molecule has 1 saturated heterocycles. The number of nitrogens with zero attached hydrogens (tertiary/aromatic N) is 11. The van der Waals surface area contributed by atoms with Crippen LogP contribution >= 0.6 is 0 Å². The van der Waals surface area contributed by atoms with Crippen molar-refractivity contribution in [2.45, 2.75) is 78.6 Å². The Balaban J connectivity index is 0.000000171. The van der Waals surface area contributed by atoms with E-state index in [0.29, 0.717) is 28.3 Å². The Bertz CT molecular complexity index is 5700. The Labute approximate surface area is 666 Å². The predicted molar refractivity (Wildman–Crippen MR) is 440 cm³/mol. The van der Waals surface area contributed by atoms with E-state index < -0.39 is 34.0 Å². The molecule has 0 atom stereocenters.